The second kappa shape index (κ2) is 9.04. The smallest absolute Gasteiger partial charge is 0.113 e. The second-order valence-electron chi connectivity index (χ2n) is 8.38. The molecule has 2 saturated heterocycles. The molecule has 29 heavy (non-hydrogen) atoms. The van der Waals surface area contributed by atoms with E-state index in [0.717, 1.165) is 70.0 Å². The lowest BCUT2D eigenvalue weighted by molar-refractivity contribution is 0.0141. The molecule has 0 bridgehead atoms. The van der Waals surface area contributed by atoms with Gasteiger partial charge in [0.25, 0.3) is 0 Å². The van der Waals surface area contributed by atoms with Crippen molar-refractivity contribution < 1.29 is 4.74 Å². The van der Waals surface area contributed by atoms with Crippen LogP contribution in [0, 0.1) is 17.2 Å². The maximum absolute atomic E-state index is 9.38. The molecule has 0 radical (unpaired) electrons. The Bertz CT molecular complexity index is 873. The van der Waals surface area contributed by atoms with Gasteiger partial charge in [0, 0.05) is 58.2 Å². The van der Waals surface area contributed by atoms with Crippen molar-refractivity contribution in [3.8, 4) is 6.07 Å². The van der Waals surface area contributed by atoms with Gasteiger partial charge < -0.3 is 14.5 Å². The number of fused-ring (bicyclic) bond motifs is 1. The minimum Gasteiger partial charge on any atom is -0.375 e. The van der Waals surface area contributed by atoms with Crippen molar-refractivity contribution in [2.45, 2.75) is 19.4 Å². The van der Waals surface area contributed by atoms with Crippen LogP contribution in [0.1, 0.15) is 18.9 Å². The molecule has 2 aromatic rings. The molecule has 7 nitrogen and oxygen atoms in total. The number of rotatable bonds is 5. The number of piperidine rings is 1. The van der Waals surface area contributed by atoms with E-state index in [1.807, 2.05) is 12.1 Å². The first-order valence-corrected chi connectivity index (χ1v) is 10.6. The zero-order valence-corrected chi connectivity index (χ0v) is 17.4. The number of likely N-dealkylation sites (N-methyl/N-ethyl adjacent to an activating group) is 1. The fourth-order valence-electron chi connectivity index (χ4n) is 4.42. The Morgan fingerprint density at radius 1 is 1.10 bits per heavy atom. The molecular formula is C22H30N6O. The molecular weight excluding hydrogens is 364 g/mol. The van der Waals surface area contributed by atoms with Crippen molar-refractivity contribution in [3.63, 3.8) is 0 Å². The predicted molar refractivity (Wildman–Crippen MR) is 114 cm³/mol. The average molecular weight is 395 g/mol. The Labute approximate surface area is 172 Å². The maximum Gasteiger partial charge on any atom is 0.113 e. The summed E-state index contributed by atoms with van der Waals surface area (Å²) in [6.07, 6.45) is 4.65. The third-order valence-electron chi connectivity index (χ3n) is 6.04. The number of nitrogens with zero attached hydrogens (tertiary/aromatic N) is 6. The lowest BCUT2D eigenvalue weighted by Gasteiger charge is -2.38. The Morgan fingerprint density at radius 3 is 2.62 bits per heavy atom. The van der Waals surface area contributed by atoms with Gasteiger partial charge >= 0.3 is 0 Å². The Morgan fingerprint density at radius 2 is 1.86 bits per heavy atom. The summed E-state index contributed by atoms with van der Waals surface area (Å²) >= 11 is 0. The van der Waals surface area contributed by atoms with Crippen molar-refractivity contribution in [3.05, 3.63) is 30.1 Å². The first-order valence-electron chi connectivity index (χ1n) is 10.6. The third-order valence-corrected chi connectivity index (χ3v) is 6.04. The Balaban J connectivity index is 1.42. The molecule has 2 fully saturated rings. The largest absolute Gasteiger partial charge is 0.375 e. The van der Waals surface area contributed by atoms with E-state index in [4.69, 9.17) is 4.74 Å². The molecule has 154 valence electrons. The molecule has 2 aliphatic heterocycles. The van der Waals surface area contributed by atoms with Gasteiger partial charge in [0.2, 0.25) is 0 Å². The molecule has 0 saturated carbocycles. The zero-order chi connectivity index (χ0) is 20.2. The second-order valence-corrected chi connectivity index (χ2v) is 8.38. The highest BCUT2D eigenvalue weighted by Crippen LogP contribution is 2.30. The summed E-state index contributed by atoms with van der Waals surface area (Å²) in [5.74, 6) is 0.541. The van der Waals surface area contributed by atoms with Crippen LogP contribution in [-0.4, -0.2) is 85.3 Å². The Hall–Kier alpha value is -2.27. The fourth-order valence-corrected chi connectivity index (χ4v) is 4.42. The van der Waals surface area contributed by atoms with Crippen LogP contribution in [0.4, 0.5) is 5.69 Å². The topological polar surface area (TPSA) is 68.5 Å². The standard InChI is InChI=1S/C22H30N6O/c1-17-13-19(29-12-11-27-9-7-26(2)8-10-27)16-28(15-17)20-4-3-18(14-23)21-22(20)25-6-5-24-21/h3-6,17,19H,7-13,15-16H2,1-2H3/t17-,19+/m0/s1. The van der Waals surface area contributed by atoms with Gasteiger partial charge in [0.05, 0.1) is 24.0 Å². The number of hydrogen-bond acceptors (Lipinski definition) is 7. The number of nitriles is 1. The van der Waals surface area contributed by atoms with Crippen LogP contribution in [-0.2, 0) is 4.74 Å². The summed E-state index contributed by atoms with van der Waals surface area (Å²) in [5, 5.41) is 9.38. The predicted octanol–water partition coefficient (Wildman–Crippen LogP) is 1.98. The number of piperazine rings is 1. The van der Waals surface area contributed by atoms with Gasteiger partial charge in [-0.1, -0.05) is 6.92 Å². The van der Waals surface area contributed by atoms with Gasteiger partial charge in [-0.05, 0) is 31.5 Å². The van der Waals surface area contributed by atoms with E-state index in [1.165, 1.54) is 0 Å². The van der Waals surface area contributed by atoms with Crippen LogP contribution in [0.3, 0.4) is 0 Å². The average Bonchev–Trinajstić information content (AvgIpc) is 2.74. The van der Waals surface area contributed by atoms with Crippen LogP contribution in [0.5, 0.6) is 0 Å². The molecule has 0 spiro atoms. The highest BCUT2D eigenvalue weighted by Gasteiger charge is 2.27. The van der Waals surface area contributed by atoms with Crippen LogP contribution in [0.25, 0.3) is 11.0 Å². The summed E-state index contributed by atoms with van der Waals surface area (Å²) in [7, 11) is 2.18. The van der Waals surface area contributed by atoms with E-state index in [-0.39, 0.29) is 6.10 Å². The lowest BCUT2D eigenvalue weighted by atomic mass is 9.96. The maximum atomic E-state index is 9.38. The van der Waals surface area contributed by atoms with Gasteiger partial charge in [-0.25, -0.2) is 0 Å². The first-order chi connectivity index (χ1) is 14.1. The number of hydrogen-bond donors (Lipinski definition) is 0. The molecule has 2 aliphatic rings. The normalized spacial score (nSPS) is 24.0. The van der Waals surface area contributed by atoms with E-state index < -0.39 is 0 Å². The van der Waals surface area contributed by atoms with Crippen LogP contribution in [0.15, 0.2) is 24.5 Å². The quantitative estimate of drug-likeness (QED) is 0.768. The summed E-state index contributed by atoms with van der Waals surface area (Å²) in [4.78, 5) is 16.2. The van der Waals surface area contributed by atoms with Gasteiger partial charge in [-0.3, -0.25) is 14.9 Å². The summed E-state index contributed by atoms with van der Waals surface area (Å²) in [6, 6.07) is 6.09. The number of aromatic nitrogens is 2. The van der Waals surface area contributed by atoms with E-state index in [2.05, 4.69) is 44.7 Å². The molecule has 3 heterocycles. The van der Waals surface area contributed by atoms with Crippen LogP contribution >= 0.6 is 0 Å². The molecule has 0 amide bonds. The van der Waals surface area contributed by atoms with Crippen molar-refractivity contribution in [2.24, 2.45) is 5.92 Å². The molecule has 1 aromatic heterocycles. The number of anilines is 1. The third kappa shape index (κ3) is 4.67. The van der Waals surface area contributed by atoms with Gasteiger partial charge in [-0.2, -0.15) is 5.26 Å². The van der Waals surface area contributed by atoms with Crippen molar-refractivity contribution in [1.29, 1.82) is 5.26 Å². The molecule has 0 aliphatic carbocycles. The summed E-state index contributed by atoms with van der Waals surface area (Å²) in [6.45, 7) is 10.4. The monoisotopic (exact) mass is 394 g/mol. The fraction of sp³-hybridized carbons (Fsp3) is 0.591. The van der Waals surface area contributed by atoms with Crippen molar-refractivity contribution >= 4 is 16.7 Å². The zero-order valence-electron chi connectivity index (χ0n) is 17.4. The molecule has 2 atom stereocenters. The highest BCUT2D eigenvalue weighted by atomic mass is 16.5. The summed E-state index contributed by atoms with van der Waals surface area (Å²) in [5.41, 5.74) is 3.10. The number of benzene rings is 1. The number of ether oxygens (including phenoxy) is 1. The SMILES string of the molecule is C[C@H]1C[C@@H](OCCN2CCN(C)CC2)CN(c2ccc(C#N)c3nccnc23)C1. The Kier molecular flexibility index (Phi) is 6.24. The molecule has 0 unspecified atom stereocenters. The minimum absolute atomic E-state index is 0.216. The van der Waals surface area contributed by atoms with E-state index in [1.54, 1.807) is 12.4 Å². The van der Waals surface area contributed by atoms with Crippen molar-refractivity contribution in [2.75, 3.05) is 64.4 Å². The van der Waals surface area contributed by atoms with Gasteiger partial charge in [0.1, 0.15) is 17.1 Å². The van der Waals surface area contributed by atoms with Crippen molar-refractivity contribution in [1.82, 2.24) is 19.8 Å². The van der Waals surface area contributed by atoms with E-state index >= 15 is 0 Å². The van der Waals surface area contributed by atoms with Crippen LogP contribution in [0.2, 0.25) is 0 Å². The molecule has 7 heteroatoms. The molecule has 0 N–H and O–H groups in total. The van der Waals surface area contributed by atoms with Crippen LogP contribution < -0.4 is 4.90 Å². The van der Waals surface area contributed by atoms with E-state index in [9.17, 15) is 5.26 Å². The molecule has 1 aromatic carbocycles. The summed E-state index contributed by atoms with van der Waals surface area (Å²) < 4.78 is 6.31. The first kappa shape index (κ1) is 20.0. The lowest BCUT2D eigenvalue weighted by Crippen LogP contribution is -2.47. The molecule has 4 rings (SSSR count). The minimum atomic E-state index is 0.216. The van der Waals surface area contributed by atoms with Gasteiger partial charge in [-0.15, -0.1) is 0 Å². The highest BCUT2D eigenvalue weighted by molar-refractivity contribution is 5.92. The van der Waals surface area contributed by atoms with Gasteiger partial charge in [0.15, 0.2) is 0 Å². The van der Waals surface area contributed by atoms with E-state index in [0.29, 0.717) is 17.0 Å².